The van der Waals surface area contributed by atoms with Crippen LogP contribution in [0.5, 0.6) is 0 Å². The molecule has 0 unspecified atom stereocenters. The summed E-state index contributed by atoms with van der Waals surface area (Å²) in [7, 11) is 3.75. The molecule has 3 nitrogen and oxygen atoms in total. The Hall–Kier alpha value is -1.64. The summed E-state index contributed by atoms with van der Waals surface area (Å²) in [6.45, 7) is 0. The van der Waals surface area contributed by atoms with Gasteiger partial charge in [-0.1, -0.05) is 35.5 Å². The van der Waals surface area contributed by atoms with Gasteiger partial charge in [-0.15, -0.1) is 0 Å². The van der Waals surface area contributed by atoms with E-state index in [0.717, 1.165) is 5.56 Å². The highest BCUT2D eigenvalue weighted by Gasteiger charge is 1.84. The van der Waals surface area contributed by atoms with Crippen LogP contribution in [0, 0.1) is 0 Å². The van der Waals surface area contributed by atoms with Gasteiger partial charge >= 0.3 is 6.40 Å². The van der Waals surface area contributed by atoms with E-state index in [0.29, 0.717) is 0 Å². The summed E-state index contributed by atoms with van der Waals surface area (Å²) in [5.41, 5.74) is 1.02. The molecule has 13 heavy (non-hydrogen) atoms. The average molecular weight is 177 g/mol. The van der Waals surface area contributed by atoms with Crippen molar-refractivity contribution in [3.63, 3.8) is 0 Å². The minimum absolute atomic E-state index is 1.02. The molecule has 0 heterocycles. The topological polar surface area (TPSA) is 24.6 Å². The molecule has 0 saturated carbocycles. The molecule has 0 atom stereocenters. The van der Waals surface area contributed by atoms with E-state index in [1.165, 1.54) is 6.40 Å². The lowest BCUT2D eigenvalue weighted by Gasteiger charge is -1.88. The van der Waals surface area contributed by atoms with Crippen molar-refractivity contribution in [1.82, 2.24) is 0 Å². The first-order valence-corrected chi connectivity index (χ1v) is 4.03. The SMILES string of the molecule is C[N+](C)=CO/N=C/c1ccccc1. The third-order valence-electron chi connectivity index (χ3n) is 1.32. The standard InChI is InChI=1S/C10H13N2O/c1-12(2)9-13-11-8-10-6-4-3-5-7-10/h3-9H,1-2H3/q+1/b11-8+. The summed E-state index contributed by atoms with van der Waals surface area (Å²) < 4.78 is 1.78. The molecule has 0 aliphatic carbocycles. The average Bonchev–Trinajstić information content (AvgIpc) is 2.14. The highest BCUT2D eigenvalue weighted by atomic mass is 16.6. The number of nitrogens with zero attached hydrogens (tertiary/aromatic N) is 2. The molecule has 1 aromatic rings. The molecular formula is C10H13N2O+. The summed E-state index contributed by atoms with van der Waals surface area (Å²) in [5.74, 6) is 0. The first kappa shape index (κ1) is 9.45. The van der Waals surface area contributed by atoms with E-state index in [2.05, 4.69) is 5.16 Å². The highest BCUT2D eigenvalue weighted by molar-refractivity contribution is 5.79. The fourth-order valence-corrected chi connectivity index (χ4v) is 0.752. The molecule has 68 valence electrons. The predicted octanol–water partition coefficient (Wildman–Crippen LogP) is 1.34. The lowest BCUT2D eigenvalue weighted by atomic mass is 10.2. The van der Waals surface area contributed by atoms with Crippen molar-refractivity contribution in [3.8, 4) is 0 Å². The van der Waals surface area contributed by atoms with E-state index in [-0.39, 0.29) is 0 Å². The summed E-state index contributed by atoms with van der Waals surface area (Å²) in [4.78, 5) is 4.87. The van der Waals surface area contributed by atoms with Crippen LogP contribution in [0.1, 0.15) is 5.56 Å². The van der Waals surface area contributed by atoms with Gasteiger partial charge in [-0.3, -0.25) is 0 Å². The molecule has 3 heteroatoms. The van der Waals surface area contributed by atoms with E-state index >= 15 is 0 Å². The van der Waals surface area contributed by atoms with E-state index in [4.69, 9.17) is 4.84 Å². The van der Waals surface area contributed by atoms with Crippen LogP contribution in [0.25, 0.3) is 0 Å². The zero-order valence-corrected chi connectivity index (χ0v) is 7.84. The number of hydrogen-bond acceptors (Lipinski definition) is 2. The van der Waals surface area contributed by atoms with Crippen molar-refractivity contribution in [3.05, 3.63) is 35.9 Å². The maximum absolute atomic E-state index is 4.87. The van der Waals surface area contributed by atoms with Gasteiger partial charge in [-0.05, 0) is 5.56 Å². The molecule has 0 bridgehead atoms. The molecule has 0 radical (unpaired) electrons. The third-order valence-corrected chi connectivity index (χ3v) is 1.32. The molecule has 0 fully saturated rings. The lowest BCUT2D eigenvalue weighted by molar-refractivity contribution is -0.468. The summed E-state index contributed by atoms with van der Waals surface area (Å²) >= 11 is 0. The molecule has 0 amide bonds. The molecule has 0 aliphatic heterocycles. The second-order valence-electron chi connectivity index (χ2n) is 2.82. The van der Waals surface area contributed by atoms with Crippen LogP contribution < -0.4 is 0 Å². The van der Waals surface area contributed by atoms with Crippen LogP contribution in [0.3, 0.4) is 0 Å². The number of benzene rings is 1. The minimum Gasteiger partial charge on any atom is -0.300 e. The van der Waals surface area contributed by atoms with Crippen molar-refractivity contribution < 1.29 is 9.41 Å². The van der Waals surface area contributed by atoms with Gasteiger partial charge in [0.2, 0.25) is 0 Å². The van der Waals surface area contributed by atoms with Crippen LogP contribution in [0.2, 0.25) is 0 Å². The number of rotatable bonds is 3. The summed E-state index contributed by atoms with van der Waals surface area (Å²) in [6.07, 6.45) is 3.19. The second kappa shape index (κ2) is 5.09. The fraction of sp³-hybridized carbons (Fsp3) is 0.200. The van der Waals surface area contributed by atoms with E-state index < -0.39 is 0 Å². The summed E-state index contributed by atoms with van der Waals surface area (Å²) in [5, 5.41) is 3.76. The Bertz CT molecular complexity index is 300. The fourth-order valence-electron chi connectivity index (χ4n) is 0.752. The molecular weight excluding hydrogens is 164 g/mol. The molecule has 0 saturated heterocycles. The van der Waals surface area contributed by atoms with E-state index in [9.17, 15) is 0 Å². The van der Waals surface area contributed by atoms with Crippen molar-refractivity contribution in [2.75, 3.05) is 14.1 Å². The Morgan fingerprint density at radius 3 is 2.54 bits per heavy atom. The normalized spacial score (nSPS) is 10.0. The van der Waals surface area contributed by atoms with Crippen molar-refractivity contribution >= 4 is 12.6 Å². The van der Waals surface area contributed by atoms with Crippen LogP contribution in [0.15, 0.2) is 35.5 Å². The second-order valence-corrected chi connectivity index (χ2v) is 2.82. The Labute approximate surface area is 78.0 Å². The molecule has 0 aliphatic rings. The Balaban J connectivity index is 2.46. The van der Waals surface area contributed by atoms with Gasteiger partial charge in [0, 0.05) is 0 Å². The van der Waals surface area contributed by atoms with Gasteiger partial charge in [0.15, 0.2) is 0 Å². The van der Waals surface area contributed by atoms with Crippen LogP contribution in [0.4, 0.5) is 0 Å². The van der Waals surface area contributed by atoms with Gasteiger partial charge in [0.25, 0.3) is 0 Å². The van der Waals surface area contributed by atoms with Crippen LogP contribution >= 0.6 is 0 Å². The highest BCUT2D eigenvalue weighted by Crippen LogP contribution is 1.93. The van der Waals surface area contributed by atoms with Gasteiger partial charge in [0.05, 0.1) is 6.21 Å². The zero-order valence-electron chi connectivity index (χ0n) is 7.84. The zero-order chi connectivity index (χ0) is 9.52. The maximum Gasteiger partial charge on any atom is 0.351 e. The van der Waals surface area contributed by atoms with Crippen molar-refractivity contribution in [1.29, 1.82) is 0 Å². The number of oxime groups is 1. The Morgan fingerprint density at radius 2 is 1.92 bits per heavy atom. The Kier molecular flexibility index (Phi) is 3.70. The smallest absolute Gasteiger partial charge is 0.300 e. The van der Waals surface area contributed by atoms with Gasteiger partial charge < -0.3 is 4.84 Å². The molecule has 0 spiro atoms. The Morgan fingerprint density at radius 1 is 1.23 bits per heavy atom. The first-order chi connectivity index (χ1) is 6.29. The third kappa shape index (κ3) is 4.06. The quantitative estimate of drug-likeness (QED) is 0.296. The lowest BCUT2D eigenvalue weighted by Crippen LogP contribution is -1.99. The summed E-state index contributed by atoms with van der Waals surface area (Å²) in [6, 6.07) is 9.79. The predicted molar refractivity (Wildman–Crippen MR) is 53.3 cm³/mol. The minimum atomic E-state index is 1.02. The first-order valence-electron chi connectivity index (χ1n) is 4.03. The van der Waals surface area contributed by atoms with Crippen LogP contribution in [-0.2, 0) is 4.84 Å². The van der Waals surface area contributed by atoms with Gasteiger partial charge in [-0.25, -0.2) is 4.58 Å². The van der Waals surface area contributed by atoms with Crippen molar-refractivity contribution in [2.45, 2.75) is 0 Å². The largest absolute Gasteiger partial charge is 0.351 e. The number of hydrogen-bond donors (Lipinski definition) is 0. The molecule has 1 aromatic carbocycles. The van der Waals surface area contributed by atoms with Crippen molar-refractivity contribution in [2.24, 2.45) is 5.16 Å². The van der Waals surface area contributed by atoms with E-state index in [1.54, 1.807) is 10.8 Å². The van der Waals surface area contributed by atoms with Crippen LogP contribution in [-0.4, -0.2) is 31.3 Å². The van der Waals surface area contributed by atoms with E-state index in [1.807, 2.05) is 44.4 Å². The molecule has 0 aromatic heterocycles. The maximum atomic E-state index is 4.87. The molecule has 1 rings (SSSR count). The monoisotopic (exact) mass is 177 g/mol. The molecule has 0 N–H and O–H groups in total. The van der Waals surface area contributed by atoms with Gasteiger partial charge in [-0.2, -0.15) is 0 Å². The van der Waals surface area contributed by atoms with Gasteiger partial charge in [0.1, 0.15) is 14.1 Å².